The first-order chi connectivity index (χ1) is 9.24. The first-order valence-electron chi connectivity index (χ1n) is 6.40. The molecule has 0 unspecified atom stereocenters. The van der Waals surface area contributed by atoms with E-state index in [0.717, 1.165) is 42.5 Å². The van der Waals surface area contributed by atoms with Crippen LogP contribution in [-0.2, 0) is 19.5 Å². The molecular formula is C15H16ClNOS. The Morgan fingerprint density at radius 1 is 1.26 bits per heavy atom. The third-order valence-electron chi connectivity index (χ3n) is 3.42. The summed E-state index contributed by atoms with van der Waals surface area (Å²) in [7, 11) is 0. The summed E-state index contributed by atoms with van der Waals surface area (Å²) in [6, 6.07) is 4.01. The van der Waals surface area contributed by atoms with E-state index in [1.807, 2.05) is 12.1 Å². The minimum atomic E-state index is 0.770. The monoisotopic (exact) mass is 293 g/mol. The van der Waals surface area contributed by atoms with E-state index in [0.29, 0.717) is 0 Å². The van der Waals surface area contributed by atoms with E-state index >= 15 is 0 Å². The highest BCUT2D eigenvalue weighted by Crippen LogP contribution is 2.32. The summed E-state index contributed by atoms with van der Waals surface area (Å²) in [5, 5.41) is 8.64. The molecule has 1 N–H and O–H groups in total. The molecule has 1 aromatic heterocycles. The molecule has 0 saturated carbocycles. The van der Waals surface area contributed by atoms with Gasteiger partial charge in [0.15, 0.2) is 0 Å². The summed E-state index contributed by atoms with van der Waals surface area (Å²) >= 11 is 7.90. The number of ether oxygens (including phenoxy) is 1. The van der Waals surface area contributed by atoms with Crippen molar-refractivity contribution in [2.45, 2.75) is 26.4 Å². The molecule has 19 heavy (non-hydrogen) atoms. The predicted molar refractivity (Wildman–Crippen MR) is 80.3 cm³/mol. The molecule has 2 aromatic rings. The van der Waals surface area contributed by atoms with Gasteiger partial charge in [0.25, 0.3) is 0 Å². The molecule has 4 heteroatoms. The zero-order valence-corrected chi connectivity index (χ0v) is 12.4. The van der Waals surface area contributed by atoms with Crippen molar-refractivity contribution in [2.24, 2.45) is 0 Å². The van der Waals surface area contributed by atoms with E-state index in [1.54, 1.807) is 11.3 Å². The Bertz CT molecular complexity index is 594. The van der Waals surface area contributed by atoms with Crippen molar-refractivity contribution in [3.63, 3.8) is 0 Å². The van der Waals surface area contributed by atoms with Crippen molar-refractivity contribution in [1.82, 2.24) is 5.32 Å². The lowest BCUT2D eigenvalue weighted by Gasteiger charge is -2.10. The Morgan fingerprint density at radius 3 is 2.89 bits per heavy atom. The van der Waals surface area contributed by atoms with Crippen molar-refractivity contribution >= 4 is 22.9 Å². The molecule has 0 aliphatic carbocycles. The van der Waals surface area contributed by atoms with Gasteiger partial charge in [-0.05, 0) is 46.5 Å². The van der Waals surface area contributed by atoms with Gasteiger partial charge in [-0.25, -0.2) is 0 Å². The molecule has 0 atom stereocenters. The fraction of sp³-hybridized carbons (Fsp3) is 0.333. The zero-order valence-electron chi connectivity index (χ0n) is 10.8. The van der Waals surface area contributed by atoms with Crippen LogP contribution in [0.2, 0.25) is 5.02 Å². The SMILES string of the molecule is Cc1cscc1CNCc1cc(Cl)cc2c1OCC2. The third-order valence-corrected chi connectivity index (χ3v) is 4.55. The van der Waals surface area contributed by atoms with Gasteiger partial charge in [0.05, 0.1) is 6.61 Å². The average molecular weight is 294 g/mol. The van der Waals surface area contributed by atoms with Crippen LogP contribution in [-0.4, -0.2) is 6.61 Å². The number of hydrogen-bond acceptors (Lipinski definition) is 3. The highest BCUT2D eigenvalue weighted by Gasteiger charge is 2.17. The number of thiophene rings is 1. The van der Waals surface area contributed by atoms with Gasteiger partial charge in [0.2, 0.25) is 0 Å². The number of rotatable bonds is 4. The summed E-state index contributed by atoms with van der Waals surface area (Å²) in [4.78, 5) is 0. The Balaban J connectivity index is 1.69. The molecule has 1 aliphatic heterocycles. The molecule has 0 radical (unpaired) electrons. The Hall–Kier alpha value is -1.03. The molecule has 0 saturated heterocycles. The molecular weight excluding hydrogens is 278 g/mol. The van der Waals surface area contributed by atoms with Gasteiger partial charge < -0.3 is 10.1 Å². The van der Waals surface area contributed by atoms with E-state index in [-0.39, 0.29) is 0 Å². The smallest absolute Gasteiger partial charge is 0.127 e. The Labute approximate surface area is 122 Å². The summed E-state index contributed by atoms with van der Waals surface area (Å²) in [6.07, 6.45) is 0.965. The van der Waals surface area contributed by atoms with Gasteiger partial charge in [-0.15, -0.1) is 0 Å². The second kappa shape index (κ2) is 5.53. The molecule has 100 valence electrons. The van der Waals surface area contributed by atoms with Gasteiger partial charge in [-0.3, -0.25) is 0 Å². The van der Waals surface area contributed by atoms with E-state index < -0.39 is 0 Å². The van der Waals surface area contributed by atoms with Gasteiger partial charge in [-0.2, -0.15) is 11.3 Å². The molecule has 0 amide bonds. The number of nitrogens with one attached hydrogen (secondary N) is 1. The zero-order chi connectivity index (χ0) is 13.2. The first-order valence-corrected chi connectivity index (χ1v) is 7.72. The van der Waals surface area contributed by atoms with Crippen LogP contribution < -0.4 is 10.1 Å². The molecule has 0 bridgehead atoms. The maximum absolute atomic E-state index is 6.15. The minimum Gasteiger partial charge on any atom is -0.493 e. The number of benzene rings is 1. The van der Waals surface area contributed by atoms with E-state index in [1.165, 1.54) is 16.7 Å². The first kappa shape index (κ1) is 13.0. The van der Waals surface area contributed by atoms with Gasteiger partial charge >= 0.3 is 0 Å². The molecule has 0 fully saturated rings. The topological polar surface area (TPSA) is 21.3 Å². The van der Waals surface area contributed by atoms with Gasteiger partial charge in [0, 0.05) is 30.1 Å². The number of fused-ring (bicyclic) bond motifs is 1. The predicted octanol–water partition coefficient (Wildman–Crippen LogP) is 3.93. The lowest BCUT2D eigenvalue weighted by Crippen LogP contribution is -2.13. The fourth-order valence-electron chi connectivity index (χ4n) is 2.38. The summed E-state index contributed by atoms with van der Waals surface area (Å²) in [5.74, 6) is 1.03. The lowest BCUT2D eigenvalue weighted by atomic mass is 10.1. The standard InChI is InChI=1S/C15H16ClNOS/c1-10-8-19-9-13(10)7-17-6-12-5-14(16)4-11-2-3-18-15(11)12/h4-5,8-9,17H,2-3,6-7H2,1H3. The van der Waals surface area contributed by atoms with Crippen LogP contribution >= 0.6 is 22.9 Å². The number of hydrogen-bond donors (Lipinski definition) is 1. The highest BCUT2D eigenvalue weighted by atomic mass is 35.5. The molecule has 2 heterocycles. The normalized spacial score (nSPS) is 13.4. The highest BCUT2D eigenvalue weighted by molar-refractivity contribution is 7.08. The Morgan fingerprint density at radius 2 is 2.11 bits per heavy atom. The van der Waals surface area contributed by atoms with Crippen molar-refractivity contribution in [3.8, 4) is 5.75 Å². The van der Waals surface area contributed by atoms with Crippen LogP contribution in [0.3, 0.4) is 0 Å². The van der Waals surface area contributed by atoms with Crippen molar-refractivity contribution in [2.75, 3.05) is 6.61 Å². The molecule has 1 aromatic carbocycles. The fourth-order valence-corrected chi connectivity index (χ4v) is 3.50. The van der Waals surface area contributed by atoms with Crippen molar-refractivity contribution in [1.29, 1.82) is 0 Å². The van der Waals surface area contributed by atoms with Crippen molar-refractivity contribution in [3.05, 3.63) is 50.2 Å². The lowest BCUT2D eigenvalue weighted by molar-refractivity contribution is 0.352. The molecule has 2 nitrogen and oxygen atoms in total. The molecule has 3 rings (SSSR count). The van der Waals surface area contributed by atoms with E-state index in [2.05, 4.69) is 23.0 Å². The van der Waals surface area contributed by atoms with Crippen molar-refractivity contribution < 1.29 is 4.74 Å². The van der Waals surface area contributed by atoms with Crippen LogP contribution in [0.25, 0.3) is 0 Å². The van der Waals surface area contributed by atoms with Crippen LogP contribution in [0.4, 0.5) is 0 Å². The van der Waals surface area contributed by atoms with Crippen LogP contribution in [0, 0.1) is 6.92 Å². The second-order valence-electron chi connectivity index (χ2n) is 4.84. The number of halogens is 1. The van der Waals surface area contributed by atoms with Crippen LogP contribution in [0.15, 0.2) is 22.9 Å². The maximum Gasteiger partial charge on any atom is 0.127 e. The second-order valence-corrected chi connectivity index (χ2v) is 6.02. The maximum atomic E-state index is 6.15. The van der Waals surface area contributed by atoms with E-state index in [4.69, 9.17) is 16.3 Å². The summed E-state index contributed by atoms with van der Waals surface area (Å²) in [6.45, 7) is 4.59. The summed E-state index contributed by atoms with van der Waals surface area (Å²) in [5.41, 5.74) is 5.11. The Kier molecular flexibility index (Phi) is 3.78. The van der Waals surface area contributed by atoms with E-state index in [9.17, 15) is 0 Å². The van der Waals surface area contributed by atoms with Crippen LogP contribution in [0.1, 0.15) is 22.3 Å². The molecule has 1 aliphatic rings. The quantitative estimate of drug-likeness (QED) is 0.922. The average Bonchev–Trinajstić information content (AvgIpc) is 2.98. The summed E-state index contributed by atoms with van der Waals surface area (Å²) < 4.78 is 5.70. The largest absolute Gasteiger partial charge is 0.493 e. The molecule has 0 spiro atoms. The van der Waals surface area contributed by atoms with Gasteiger partial charge in [-0.1, -0.05) is 11.6 Å². The van der Waals surface area contributed by atoms with Crippen LogP contribution in [0.5, 0.6) is 5.75 Å². The van der Waals surface area contributed by atoms with Gasteiger partial charge in [0.1, 0.15) is 5.75 Å². The minimum absolute atomic E-state index is 0.770. The number of aryl methyl sites for hydroxylation is 1. The third kappa shape index (κ3) is 2.78.